The van der Waals surface area contributed by atoms with Gasteiger partial charge in [-0.25, -0.2) is 0 Å². The van der Waals surface area contributed by atoms with Gasteiger partial charge in [0.2, 0.25) is 0 Å². The Bertz CT molecular complexity index is 455. The molecule has 2 unspecified atom stereocenters. The summed E-state index contributed by atoms with van der Waals surface area (Å²) in [6.07, 6.45) is 12.6. The Morgan fingerprint density at radius 2 is 2.05 bits per heavy atom. The standard InChI is InChI=1S/C21H34O/c1-7-9-19(6)21(14-8-10-20(21)22)15-13-18(5)17(4)12-11-16(2)3/h7,9,12,18-19H,2,8,10-11,13-15H2,1,3-6H3/t18?,19-,21?/m0/s1. The van der Waals surface area contributed by atoms with Crippen LogP contribution in [0.1, 0.15) is 73.1 Å². The number of ketones is 1. The maximum absolute atomic E-state index is 12.5. The summed E-state index contributed by atoms with van der Waals surface area (Å²) in [7, 11) is 0. The van der Waals surface area contributed by atoms with E-state index in [0.29, 0.717) is 17.6 Å². The van der Waals surface area contributed by atoms with Crippen LogP contribution in [0.5, 0.6) is 0 Å². The summed E-state index contributed by atoms with van der Waals surface area (Å²) in [6, 6.07) is 0. The molecule has 0 aromatic rings. The van der Waals surface area contributed by atoms with Crippen molar-refractivity contribution in [2.75, 3.05) is 0 Å². The molecule has 0 bridgehead atoms. The molecule has 0 aliphatic heterocycles. The molecule has 0 saturated heterocycles. The van der Waals surface area contributed by atoms with E-state index in [9.17, 15) is 4.79 Å². The zero-order valence-electron chi connectivity index (χ0n) is 15.2. The average Bonchev–Trinajstić information content (AvgIpc) is 2.84. The SMILES string of the molecule is C=C(C)CC=C(C)C(C)CCC1([C@@H](C)C=CC)CCCC1=O. The lowest BCUT2D eigenvalue weighted by atomic mass is 9.69. The fourth-order valence-electron chi connectivity index (χ4n) is 3.64. The van der Waals surface area contributed by atoms with E-state index in [0.717, 1.165) is 38.5 Å². The second-order valence-corrected chi connectivity index (χ2v) is 7.30. The first-order valence-corrected chi connectivity index (χ1v) is 8.80. The van der Waals surface area contributed by atoms with Crippen LogP contribution in [0.4, 0.5) is 0 Å². The van der Waals surface area contributed by atoms with E-state index in [1.165, 1.54) is 11.1 Å². The lowest BCUT2D eigenvalue weighted by molar-refractivity contribution is -0.128. The van der Waals surface area contributed by atoms with Crippen molar-refractivity contribution in [3.63, 3.8) is 0 Å². The highest BCUT2D eigenvalue weighted by atomic mass is 16.1. The minimum atomic E-state index is -0.102. The quantitative estimate of drug-likeness (QED) is 0.483. The fraction of sp³-hybridized carbons (Fsp3) is 0.667. The van der Waals surface area contributed by atoms with Crippen LogP contribution in [0.25, 0.3) is 0 Å². The van der Waals surface area contributed by atoms with E-state index in [1.807, 2.05) is 0 Å². The Labute approximate surface area is 137 Å². The van der Waals surface area contributed by atoms with Crippen molar-refractivity contribution in [3.8, 4) is 0 Å². The van der Waals surface area contributed by atoms with Crippen molar-refractivity contribution in [1.29, 1.82) is 0 Å². The normalized spacial score (nSPS) is 25.7. The molecule has 1 saturated carbocycles. The van der Waals surface area contributed by atoms with Gasteiger partial charge < -0.3 is 0 Å². The van der Waals surface area contributed by atoms with Crippen LogP contribution in [-0.4, -0.2) is 5.78 Å². The first kappa shape index (κ1) is 18.9. The summed E-state index contributed by atoms with van der Waals surface area (Å²) in [5.74, 6) is 1.40. The highest BCUT2D eigenvalue weighted by molar-refractivity contribution is 5.87. The summed E-state index contributed by atoms with van der Waals surface area (Å²) in [4.78, 5) is 12.5. The molecule has 1 nitrogen and oxygen atoms in total. The summed E-state index contributed by atoms with van der Waals surface area (Å²) in [5.41, 5.74) is 2.54. The minimum Gasteiger partial charge on any atom is -0.299 e. The third-order valence-corrected chi connectivity index (χ3v) is 5.51. The molecule has 1 rings (SSSR count). The molecule has 0 heterocycles. The molecule has 1 fully saturated rings. The highest BCUT2D eigenvalue weighted by Gasteiger charge is 2.44. The lowest BCUT2D eigenvalue weighted by Crippen LogP contribution is -2.33. The number of Topliss-reactive ketones (excluding diaryl/α,β-unsaturated/α-hetero) is 1. The number of carbonyl (C=O) groups excluding carboxylic acids is 1. The molecule has 3 atom stereocenters. The Morgan fingerprint density at radius 1 is 1.36 bits per heavy atom. The molecule has 0 amide bonds. The van der Waals surface area contributed by atoms with Crippen LogP contribution < -0.4 is 0 Å². The van der Waals surface area contributed by atoms with Gasteiger partial charge in [-0.15, -0.1) is 0 Å². The van der Waals surface area contributed by atoms with Gasteiger partial charge in [0.1, 0.15) is 5.78 Å². The molecular weight excluding hydrogens is 268 g/mol. The van der Waals surface area contributed by atoms with Crippen LogP contribution in [-0.2, 0) is 4.79 Å². The number of allylic oxidation sites excluding steroid dienone is 5. The zero-order valence-corrected chi connectivity index (χ0v) is 15.2. The maximum Gasteiger partial charge on any atom is 0.139 e. The molecule has 0 radical (unpaired) electrons. The summed E-state index contributed by atoms with van der Waals surface area (Å²) < 4.78 is 0. The zero-order chi connectivity index (χ0) is 16.8. The van der Waals surface area contributed by atoms with Gasteiger partial charge >= 0.3 is 0 Å². The fourth-order valence-corrected chi connectivity index (χ4v) is 3.64. The Balaban J connectivity index is 2.74. The van der Waals surface area contributed by atoms with Gasteiger partial charge in [-0.05, 0) is 64.7 Å². The molecule has 1 aliphatic rings. The van der Waals surface area contributed by atoms with E-state index < -0.39 is 0 Å². The van der Waals surface area contributed by atoms with Gasteiger partial charge in [-0.3, -0.25) is 4.79 Å². The van der Waals surface area contributed by atoms with Crippen LogP contribution in [0.15, 0.2) is 36.0 Å². The third kappa shape index (κ3) is 4.69. The van der Waals surface area contributed by atoms with Crippen molar-refractivity contribution in [1.82, 2.24) is 0 Å². The molecule has 22 heavy (non-hydrogen) atoms. The van der Waals surface area contributed by atoms with Gasteiger partial charge in [-0.2, -0.15) is 0 Å². The van der Waals surface area contributed by atoms with Gasteiger partial charge in [0.15, 0.2) is 0 Å². The molecule has 0 aromatic heterocycles. The van der Waals surface area contributed by atoms with Crippen molar-refractivity contribution >= 4 is 5.78 Å². The molecule has 0 N–H and O–H groups in total. The second-order valence-electron chi connectivity index (χ2n) is 7.30. The van der Waals surface area contributed by atoms with E-state index in [2.05, 4.69) is 59.4 Å². The first-order valence-electron chi connectivity index (χ1n) is 8.80. The summed E-state index contributed by atoms with van der Waals surface area (Å²) in [5, 5.41) is 0. The molecule has 1 heteroatoms. The monoisotopic (exact) mass is 302 g/mol. The van der Waals surface area contributed by atoms with Crippen LogP contribution in [0.3, 0.4) is 0 Å². The van der Waals surface area contributed by atoms with Gasteiger partial charge in [0.25, 0.3) is 0 Å². The van der Waals surface area contributed by atoms with E-state index in [-0.39, 0.29) is 5.41 Å². The van der Waals surface area contributed by atoms with E-state index in [1.54, 1.807) is 0 Å². The topological polar surface area (TPSA) is 17.1 Å². The largest absolute Gasteiger partial charge is 0.299 e. The maximum atomic E-state index is 12.5. The van der Waals surface area contributed by atoms with Crippen molar-refractivity contribution in [2.24, 2.45) is 17.3 Å². The van der Waals surface area contributed by atoms with E-state index >= 15 is 0 Å². The smallest absolute Gasteiger partial charge is 0.139 e. The first-order chi connectivity index (χ1) is 10.3. The second kappa shape index (κ2) is 8.50. The van der Waals surface area contributed by atoms with E-state index in [4.69, 9.17) is 0 Å². The molecule has 0 aromatic carbocycles. The molecule has 1 aliphatic carbocycles. The van der Waals surface area contributed by atoms with Crippen LogP contribution >= 0.6 is 0 Å². The lowest BCUT2D eigenvalue weighted by Gasteiger charge is -2.33. The third-order valence-electron chi connectivity index (χ3n) is 5.51. The van der Waals surface area contributed by atoms with Gasteiger partial charge in [-0.1, -0.05) is 49.8 Å². The number of hydrogen-bond acceptors (Lipinski definition) is 1. The molecule has 0 spiro atoms. The Hall–Kier alpha value is -1.11. The molecule has 124 valence electrons. The van der Waals surface area contributed by atoms with Crippen LogP contribution in [0, 0.1) is 17.3 Å². The highest BCUT2D eigenvalue weighted by Crippen LogP contribution is 2.46. The Morgan fingerprint density at radius 3 is 2.55 bits per heavy atom. The predicted molar refractivity (Wildman–Crippen MR) is 96.9 cm³/mol. The minimum absolute atomic E-state index is 0.102. The van der Waals surface area contributed by atoms with Crippen molar-refractivity contribution in [3.05, 3.63) is 36.0 Å². The van der Waals surface area contributed by atoms with Gasteiger partial charge in [0, 0.05) is 11.8 Å². The number of rotatable bonds is 8. The van der Waals surface area contributed by atoms with Gasteiger partial charge in [0.05, 0.1) is 0 Å². The summed E-state index contributed by atoms with van der Waals surface area (Å²) in [6.45, 7) is 14.8. The molecular formula is C21H34O. The summed E-state index contributed by atoms with van der Waals surface area (Å²) >= 11 is 0. The van der Waals surface area contributed by atoms with Crippen LogP contribution in [0.2, 0.25) is 0 Å². The number of hydrogen-bond donors (Lipinski definition) is 0. The predicted octanol–water partition coefficient (Wildman–Crippen LogP) is 6.27. The average molecular weight is 303 g/mol. The van der Waals surface area contributed by atoms with Crippen molar-refractivity contribution < 1.29 is 4.79 Å². The Kier molecular flexibility index (Phi) is 7.32. The number of carbonyl (C=O) groups is 1. The van der Waals surface area contributed by atoms with Crippen molar-refractivity contribution in [2.45, 2.75) is 73.1 Å².